The van der Waals surface area contributed by atoms with Crippen molar-refractivity contribution in [1.82, 2.24) is 10.3 Å². The van der Waals surface area contributed by atoms with E-state index in [2.05, 4.69) is 20.0 Å². The molecule has 1 spiro atoms. The number of hydrogen-bond acceptors (Lipinski definition) is 4. The summed E-state index contributed by atoms with van der Waals surface area (Å²) < 4.78 is 42.6. The van der Waals surface area contributed by atoms with Crippen molar-refractivity contribution in [3.05, 3.63) is 24.1 Å². The molecular weight excluding hydrogens is 359 g/mol. The monoisotopic (exact) mass is 375 g/mol. The highest BCUT2D eigenvalue weighted by Gasteiger charge is 2.57. The normalized spacial score (nSPS) is 21.8. The van der Waals surface area contributed by atoms with Crippen LogP contribution in [0.4, 0.5) is 18.9 Å². The molecule has 136 valence electrons. The van der Waals surface area contributed by atoms with Gasteiger partial charge in [0.2, 0.25) is 5.91 Å². The van der Waals surface area contributed by atoms with E-state index in [1.165, 1.54) is 18.2 Å². The number of nitrogens with zero attached hydrogens (tertiary/aromatic N) is 1. The number of halogens is 4. The number of rotatable bonds is 2. The Hall–Kier alpha value is -1.80. The lowest BCUT2D eigenvalue weighted by Crippen LogP contribution is -2.31. The Balaban J connectivity index is 0.00000182. The van der Waals surface area contributed by atoms with E-state index in [4.69, 9.17) is 0 Å². The first-order chi connectivity index (χ1) is 11.4. The largest absolute Gasteiger partial charge is 0.468 e. The Bertz CT molecular complexity index is 800. The number of carbonyl (C=O) groups is 1. The third-order valence-corrected chi connectivity index (χ3v) is 5.00. The van der Waals surface area contributed by atoms with Crippen molar-refractivity contribution >= 4 is 35.1 Å². The third kappa shape index (κ3) is 3.32. The lowest BCUT2D eigenvalue weighted by atomic mass is 9.92. The first kappa shape index (κ1) is 18.0. The number of aromatic nitrogens is 1. The van der Waals surface area contributed by atoms with Gasteiger partial charge in [-0.05, 0) is 56.0 Å². The smallest absolute Gasteiger partial charge is 0.433 e. The molecule has 1 saturated carbocycles. The van der Waals surface area contributed by atoms with E-state index in [0.29, 0.717) is 5.69 Å². The first-order valence-electron chi connectivity index (χ1n) is 7.87. The number of benzene rings is 1. The topological polar surface area (TPSA) is 67.2 Å². The number of anilines is 1. The van der Waals surface area contributed by atoms with Gasteiger partial charge in [-0.15, -0.1) is 12.4 Å². The van der Waals surface area contributed by atoms with Crippen LogP contribution in [0.2, 0.25) is 0 Å². The molecule has 0 bridgehead atoms. The number of nitrogens with one attached hydrogen (secondary N) is 2. The van der Waals surface area contributed by atoms with Gasteiger partial charge in [0.05, 0.1) is 0 Å². The summed E-state index contributed by atoms with van der Waals surface area (Å²) in [5, 5.41) is 6.08. The minimum Gasteiger partial charge on any atom is -0.433 e. The van der Waals surface area contributed by atoms with Crippen LogP contribution in [0.25, 0.3) is 11.1 Å². The number of carbonyl (C=O) groups excluding carboxylic acids is 1. The molecule has 25 heavy (non-hydrogen) atoms. The maximum absolute atomic E-state index is 12.6. The number of alkyl halides is 3. The number of hydrogen-bond donors (Lipinski definition) is 2. The van der Waals surface area contributed by atoms with Gasteiger partial charge in [0.1, 0.15) is 5.52 Å². The van der Waals surface area contributed by atoms with Crippen molar-refractivity contribution in [2.24, 2.45) is 11.3 Å². The van der Waals surface area contributed by atoms with E-state index in [1.54, 1.807) is 0 Å². The molecule has 1 aromatic heterocycles. The second-order valence-corrected chi connectivity index (χ2v) is 6.56. The van der Waals surface area contributed by atoms with E-state index in [1.807, 2.05) is 0 Å². The Kier molecular flexibility index (Phi) is 4.45. The summed E-state index contributed by atoms with van der Waals surface area (Å²) in [6.07, 6.45) is -1.77. The van der Waals surface area contributed by atoms with Gasteiger partial charge in [0.25, 0.3) is 0 Å². The second kappa shape index (κ2) is 6.17. The maximum Gasteiger partial charge on any atom is 0.468 e. The molecule has 1 saturated heterocycles. The Morgan fingerprint density at radius 3 is 2.72 bits per heavy atom. The second-order valence-electron chi connectivity index (χ2n) is 6.56. The van der Waals surface area contributed by atoms with Gasteiger partial charge >= 0.3 is 12.1 Å². The van der Waals surface area contributed by atoms with Crippen LogP contribution in [0.1, 0.15) is 25.2 Å². The molecule has 1 aromatic carbocycles. The fraction of sp³-hybridized carbons (Fsp3) is 0.500. The molecule has 1 atom stereocenters. The zero-order valence-electron chi connectivity index (χ0n) is 13.2. The zero-order valence-corrected chi connectivity index (χ0v) is 14.0. The molecule has 1 amide bonds. The number of amides is 1. The average Bonchev–Trinajstić information content (AvgIpc) is 3.04. The van der Waals surface area contributed by atoms with Crippen molar-refractivity contribution in [3.8, 4) is 0 Å². The van der Waals surface area contributed by atoms with E-state index in [0.717, 1.165) is 32.4 Å². The molecule has 2 fully saturated rings. The van der Waals surface area contributed by atoms with Crippen LogP contribution in [0, 0.1) is 11.3 Å². The zero-order chi connectivity index (χ0) is 16.9. The average molecular weight is 376 g/mol. The fourth-order valence-corrected chi connectivity index (χ4v) is 3.55. The SMILES string of the molecule is Cl.O=C(Nc1ccc2oc(C(F)(F)F)nc2c1)C1CC12CCNCC2. The quantitative estimate of drug-likeness (QED) is 0.841. The summed E-state index contributed by atoms with van der Waals surface area (Å²) >= 11 is 0. The molecule has 2 N–H and O–H groups in total. The molecule has 0 radical (unpaired) electrons. The van der Waals surface area contributed by atoms with Gasteiger partial charge in [-0.1, -0.05) is 0 Å². The number of fused-ring (bicyclic) bond motifs is 1. The summed E-state index contributed by atoms with van der Waals surface area (Å²) in [6.45, 7) is 1.85. The summed E-state index contributed by atoms with van der Waals surface area (Å²) in [7, 11) is 0. The first-order valence-corrected chi connectivity index (χ1v) is 7.87. The maximum atomic E-state index is 12.6. The molecule has 1 unspecified atom stereocenters. The lowest BCUT2D eigenvalue weighted by molar-refractivity contribution is -0.156. The number of oxazole rings is 1. The van der Waals surface area contributed by atoms with Crippen LogP contribution in [0.3, 0.4) is 0 Å². The summed E-state index contributed by atoms with van der Waals surface area (Å²) in [5.74, 6) is -1.37. The Labute approximate surface area is 147 Å². The molecule has 2 aromatic rings. The van der Waals surface area contributed by atoms with Crippen LogP contribution in [-0.4, -0.2) is 24.0 Å². The van der Waals surface area contributed by atoms with E-state index in [-0.39, 0.29) is 40.7 Å². The molecule has 1 aliphatic heterocycles. The molecule has 4 rings (SSSR count). The lowest BCUT2D eigenvalue weighted by Gasteiger charge is -2.23. The van der Waals surface area contributed by atoms with Crippen molar-refractivity contribution in [2.45, 2.75) is 25.4 Å². The predicted molar refractivity (Wildman–Crippen MR) is 87.5 cm³/mol. The van der Waals surface area contributed by atoms with Crippen molar-refractivity contribution in [2.75, 3.05) is 18.4 Å². The standard InChI is InChI=1S/C16H16F3N3O2.ClH/c17-16(18,19)14-22-11-7-9(1-2-12(11)24-14)21-13(23)10-8-15(10)3-5-20-6-4-15;/h1-2,7,10,20H,3-6,8H2,(H,21,23);1H. The van der Waals surface area contributed by atoms with Gasteiger partial charge in [0, 0.05) is 11.6 Å². The Morgan fingerprint density at radius 2 is 2.04 bits per heavy atom. The van der Waals surface area contributed by atoms with Crippen molar-refractivity contribution in [1.29, 1.82) is 0 Å². The highest BCUT2D eigenvalue weighted by molar-refractivity contribution is 5.96. The predicted octanol–water partition coefficient (Wildman–Crippen LogP) is 3.60. The fourth-order valence-electron chi connectivity index (χ4n) is 3.55. The van der Waals surface area contributed by atoms with Crippen molar-refractivity contribution in [3.63, 3.8) is 0 Å². The molecule has 1 aliphatic carbocycles. The number of piperidine rings is 1. The van der Waals surface area contributed by atoms with Gasteiger partial charge in [-0.25, -0.2) is 4.98 Å². The molecule has 5 nitrogen and oxygen atoms in total. The van der Waals surface area contributed by atoms with Gasteiger partial charge < -0.3 is 15.1 Å². The van der Waals surface area contributed by atoms with E-state index in [9.17, 15) is 18.0 Å². The van der Waals surface area contributed by atoms with E-state index >= 15 is 0 Å². The van der Waals surface area contributed by atoms with Crippen LogP contribution >= 0.6 is 12.4 Å². The van der Waals surface area contributed by atoms with Gasteiger partial charge in [-0.2, -0.15) is 13.2 Å². The molecule has 9 heteroatoms. The van der Waals surface area contributed by atoms with Crippen LogP contribution in [0.5, 0.6) is 0 Å². The van der Waals surface area contributed by atoms with Crippen LogP contribution in [0.15, 0.2) is 22.6 Å². The summed E-state index contributed by atoms with van der Waals surface area (Å²) in [4.78, 5) is 15.8. The van der Waals surface area contributed by atoms with Crippen LogP contribution < -0.4 is 10.6 Å². The highest BCUT2D eigenvalue weighted by atomic mass is 35.5. The Morgan fingerprint density at radius 1 is 1.32 bits per heavy atom. The van der Waals surface area contributed by atoms with Gasteiger partial charge in [-0.3, -0.25) is 4.79 Å². The summed E-state index contributed by atoms with van der Waals surface area (Å²) in [6, 6.07) is 4.33. The van der Waals surface area contributed by atoms with Crippen molar-refractivity contribution < 1.29 is 22.4 Å². The molecule has 2 aliphatic rings. The minimum atomic E-state index is -4.63. The minimum absolute atomic E-state index is 0. The highest BCUT2D eigenvalue weighted by Crippen LogP contribution is 2.58. The molecular formula is C16H17ClF3N3O2. The van der Waals surface area contributed by atoms with Crippen LogP contribution in [-0.2, 0) is 11.0 Å². The molecule has 2 heterocycles. The van der Waals surface area contributed by atoms with Gasteiger partial charge in [0.15, 0.2) is 5.58 Å². The summed E-state index contributed by atoms with van der Waals surface area (Å²) in [5.41, 5.74) is 0.663. The third-order valence-electron chi connectivity index (χ3n) is 5.00. The van der Waals surface area contributed by atoms with E-state index < -0.39 is 12.1 Å².